The van der Waals surface area contributed by atoms with Crippen LogP contribution < -0.4 is 9.46 Å². The van der Waals surface area contributed by atoms with Gasteiger partial charge in [-0.1, -0.05) is 16.7 Å². The zero-order chi connectivity index (χ0) is 18.1. The van der Waals surface area contributed by atoms with E-state index in [1.54, 1.807) is 0 Å². The van der Waals surface area contributed by atoms with Gasteiger partial charge in [-0.15, -0.1) is 4.72 Å². The van der Waals surface area contributed by atoms with Crippen molar-refractivity contribution >= 4 is 23.0 Å². The summed E-state index contributed by atoms with van der Waals surface area (Å²) in [5.41, 5.74) is 9.81. The predicted octanol–water partition coefficient (Wildman–Crippen LogP) is 4.46. The van der Waals surface area contributed by atoms with Crippen LogP contribution in [0.15, 0.2) is 17.2 Å². The SMILES string of the molecule is CC(N[S+]([O-])C(C)(C)C)c1cc(Cl)cc2c1OC(C)(CN=[N+]=[N-])C2. The summed E-state index contributed by atoms with van der Waals surface area (Å²) in [7, 11) is 0. The van der Waals surface area contributed by atoms with Crippen molar-refractivity contribution in [3.05, 3.63) is 38.7 Å². The third-order valence-corrected chi connectivity index (χ3v) is 5.75. The van der Waals surface area contributed by atoms with E-state index in [0.717, 1.165) is 16.9 Å². The highest BCUT2D eigenvalue weighted by Gasteiger charge is 2.38. The van der Waals surface area contributed by atoms with Crippen molar-refractivity contribution in [2.75, 3.05) is 6.54 Å². The maximum atomic E-state index is 12.4. The van der Waals surface area contributed by atoms with Crippen LogP contribution in [-0.4, -0.2) is 21.4 Å². The van der Waals surface area contributed by atoms with Crippen LogP contribution in [0, 0.1) is 0 Å². The lowest BCUT2D eigenvalue weighted by Crippen LogP contribution is -2.40. The molecule has 1 aromatic carbocycles. The minimum atomic E-state index is -1.21. The van der Waals surface area contributed by atoms with Gasteiger partial charge in [0.05, 0.1) is 12.6 Å². The maximum Gasteiger partial charge on any atom is 0.136 e. The van der Waals surface area contributed by atoms with Crippen LogP contribution in [0.2, 0.25) is 5.02 Å². The van der Waals surface area contributed by atoms with Crippen molar-refractivity contribution in [2.24, 2.45) is 5.11 Å². The Balaban J connectivity index is 2.30. The molecule has 1 heterocycles. The first kappa shape index (κ1) is 19.2. The summed E-state index contributed by atoms with van der Waals surface area (Å²) in [5, 5.41) is 4.25. The van der Waals surface area contributed by atoms with Gasteiger partial charge in [-0.2, -0.15) is 0 Å². The molecule has 8 heteroatoms. The highest BCUT2D eigenvalue weighted by Crippen LogP contribution is 2.42. The number of azide groups is 1. The van der Waals surface area contributed by atoms with E-state index in [0.29, 0.717) is 11.4 Å². The number of nitrogens with one attached hydrogen (secondary N) is 1. The third-order valence-electron chi connectivity index (χ3n) is 3.85. The Kier molecular flexibility index (Phi) is 5.62. The van der Waals surface area contributed by atoms with E-state index in [2.05, 4.69) is 14.7 Å². The third kappa shape index (κ3) is 4.29. The van der Waals surface area contributed by atoms with Gasteiger partial charge >= 0.3 is 0 Å². The standard InChI is InChI=1S/C16H23ClN4O2S/c1-10(20-24(22)15(2,3)4)13-7-12(17)6-11-8-16(5,9-19-21-18)23-14(11)13/h6-7,10,20H,8-9H2,1-5H3. The number of benzene rings is 1. The molecule has 1 N–H and O–H groups in total. The molecule has 0 aliphatic carbocycles. The molecule has 132 valence electrons. The van der Waals surface area contributed by atoms with Crippen LogP contribution in [0.1, 0.15) is 51.8 Å². The Hall–Kier alpha value is -1.11. The van der Waals surface area contributed by atoms with Crippen LogP contribution in [0.3, 0.4) is 0 Å². The summed E-state index contributed by atoms with van der Waals surface area (Å²) in [6, 6.07) is 3.51. The Morgan fingerprint density at radius 1 is 1.54 bits per heavy atom. The molecule has 0 radical (unpaired) electrons. The van der Waals surface area contributed by atoms with Crippen molar-refractivity contribution in [1.82, 2.24) is 4.72 Å². The summed E-state index contributed by atoms with van der Waals surface area (Å²) in [6.45, 7) is 9.83. The van der Waals surface area contributed by atoms with Gasteiger partial charge in [0.1, 0.15) is 16.1 Å². The van der Waals surface area contributed by atoms with Crippen molar-refractivity contribution in [2.45, 2.75) is 57.4 Å². The lowest BCUT2D eigenvalue weighted by atomic mass is 9.97. The van der Waals surface area contributed by atoms with Crippen LogP contribution in [0.4, 0.5) is 0 Å². The Morgan fingerprint density at radius 3 is 2.79 bits per heavy atom. The van der Waals surface area contributed by atoms with Crippen LogP contribution >= 0.6 is 11.6 Å². The van der Waals surface area contributed by atoms with Crippen molar-refractivity contribution in [3.8, 4) is 5.75 Å². The molecular weight excluding hydrogens is 348 g/mol. The molecule has 3 atom stereocenters. The van der Waals surface area contributed by atoms with Crippen molar-refractivity contribution in [1.29, 1.82) is 0 Å². The largest absolute Gasteiger partial charge is 0.598 e. The van der Waals surface area contributed by atoms with Gasteiger partial charge in [0.15, 0.2) is 0 Å². The number of ether oxygens (including phenoxy) is 1. The zero-order valence-electron chi connectivity index (χ0n) is 14.6. The molecule has 0 saturated carbocycles. The molecule has 0 aromatic heterocycles. The highest BCUT2D eigenvalue weighted by atomic mass is 35.5. The van der Waals surface area contributed by atoms with E-state index in [4.69, 9.17) is 21.9 Å². The Labute approximate surface area is 150 Å². The molecule has 1 aliphatic heterocycles. The first-order chi connectivity index (χ1) is 11.1. The molecule has 2 rings (SSSR count). The fraction of sp³-hybridized carbons (Fsp3) is 0.625. The van der Waals surface area contributed by atoms with Gasteiger partial charge in [-0.25, -0.2) is 0 Å². The number of nitrogens with zero attached hydrogens (tertiary/aromatic N) is 3. The number of hydrogen-bond donors (Lipinski definition) is 1. The Morgan fingerprint density at radius 2 is 2.21 bits per heavy atom. The number of hydrogen-bond acceptors (Lipinski definition) is 4. The van der Waals surface area contributed by atoms with E-state index in [9.17, 15) is 4.55 Å². The normalized spacial score (nSPS) is 22.3. The first-order valence-corrected chi connectivity index (χ1v) is 9.29. The van der Waals surface area contributed by atoms with Gasteiger partial charge in [0.25, 0.3) is 0 Å². The van der Waals surface area contributed by atoms with Crippen LogP contribution in [-0.2, 0) is 17.8 Å². The topological polar surface area (TPSA) is 93.1 Å². The summed E-state index contributed by atoms with van der Waals surface area (Å²) in [5.74, 6) is 0.737. The van der Waals surface area contributed by atoms with Gasteiger partial charge in [0, 0.05) is 33.3 Å². The average Bonchev–Trinajstić information content (AvgIpc) is 2.79. The molecule has 1 aromatic rings. The summed E-state index contributed by atoms with van der Waals surface area (Å²) < 4.78 is 21.2. The molecule has 0 bridgehead atoms. The fourth-order valence-electron chi connectivity index (χ4n) is 2.61. The van der Waals surface area contributed by atoms with E-state index in [1.165, 1.54) is 0 Å². The number of rotatable bonds is 5. The van der Waals surface area contributed by atoms with E-state index >= 15 is 0 Å². The minimum absolute atomic E-state index is 0.195. The van der Waals surface area contributed by atoms with Gasteiger partial charge in [0.2, 0.25) is 0 Å². The second-order valence-corrected chi connectivity index (χ2v) is 9.76. The monoisotopic (exact) mass is 370 g/mol. The molecule has 0 amide bonds. The molecule has 0 fully saturated rings. The molecule has 1 aliphatic rings. The molecule has 3 unspecified atom stereocenters. The molecule has 24 heavy (non-hydrogen) atoms. The maximum absolute atomic E-state index is 12.4. The van der Waals surface area contributed by atoms with Crippen LogP contribution in [0.5, 0.6) is 5.75 Å². The van der Waals surface area contributed by atoms with Crippen LogP contribution in [0.25, 0.3) is 10.4 Å². The molecule has 0 saturated heterocycles. The summed E-state index contributed by atoms with van der Waals surface area (Å²) >= 11 is 5.05. The quantitative estimate of drug-likeness (QED) is 0.359. The lowest BCUT2D eigenvalue weighted by molar-refractivity contribution is 0.124. The average molecular weight is 371 g/mol. The van der Waals surface area contributed by atoms with Gasteiger partial charge < -0.3 is 9.29 Å². The number of fused-ring (bicyclic) bond motifs is 1. The van der Waals surface area contributed by atoms with E-state index < -0.39 is 17.0 Å². The highest BCUT2D eigenvalue weighted by molar-refractivity contribution is 7.90. The first-order valence-electron chi connectivity index (χ1n) is 7.76. The fourth-order valence-corrected chi connectivity index (χ4v) is 3.66. The predicted molar refractivity (Wildman–Crippen MR) is 97.6 cm³/mol. The van der Waals surface area contributed by atoms with E-state index in [1.807, 2.05) is 46.8 Å². The Bertz CT molecular complexity index is 673. The van der Waals surface area contributed by atoms with Crippen molar-refractivity contribution < 1.29 is 9.29 Å². The lowest BCUT2D eigenvalue weighted by Gasteiger charge is -2.28. The minimum Gasteiger partial charge on any atom is -0.598 e. The summed E-state index contributed by atoms with van der Waals surface area (Å²) in [4.78, 5) is 2.82. The second kappa shape index (κ2) is 7.02. The summed E-state index contributed by atoms with van der Waals surface area (Å²) in [6.07, 6.45) is 0.615. The number of halogens is 1. The second-order valence-electron chi connectivity index (χ2n) is 7.32. The molecule has 6 nitrogen and oxygen atoms in total. The van der Waals surface area contributed by atoms with Gasteiger partial charge in [-0.3, -0.25) is 0 Å². The zero-order valence-corrected chi connectivity index (χ0v) is 16.2. The van der Waals surface area contributed by atoms with E-state index in [-0.39, 0.29) is 17.3 Å². The van der Waals surface area contributed by atoms with Gasteiger partial charge in [-0.05, 0) is 57.8 Å². The molecule has 0 spiro atoms. The van der Waals surface area contributed by atoms with Crippen molar-refractivity contribution in [3.63, 3.8) is 0 Å². The smallest absolute Gasteiger partial charge is 0.136 e. The molecular formula is C16H23ClN4O2S.